The number of rotatable bonds is 8. The molecule has 166 valence electrons. The summed E-state index contributed by atoms with van der Waals surface area (Å²) in [5.74, 6) is 0.496. The van der Waals surface area contributed by atoms with Crippen molar-refractivity contribution in [2.75, 3.05) is 31.5 Å². The summed E-state index contributed by atoms with van der Waals surface area (Å²) in [4.78, 5) is 24.1. The lowest BCUT2D eigenvalue weighted by atomic mass is 10.2. The van der Waals surface area contributed by atoms with Crippen LogP contribution in [0, 0.1) is 5.92 Å². The van der Waals surface area contributed by atoms with E-state index in [1.54, 1.807) is 50.2 Å². The van der Waals surface area contributed by atoms with E-state index in [1.807, 2.05) is 0 Å². The van der Waals surface area contributed by atoms with Crippen molar-refractivity contribution in [1.29, 1.82) is 0 Å². The highest BCUT2D eigenvalue weighted by molar-refractivity contribution is 7.80. The maximum atomic E-state index is 12.1. The van der Waals surface area contributed by atoms with Gasteiger partial charge in [0.2, 0.25) is 5.91 Å². The van der Waals surface area contributed by atoms with Gasteiger partial charge in [0.15, 0.2) is 23.2 Å². The van der Waals surface area contributed by atoms with Crippen LogP contribution in [0.4, 0.5) is 11.4 Å². The lowest BCUT2D eigenvalue weighted by Crippen LogP contribution is -2.37. The minimum atomic E-state index is -0.456. The van der Waals surface area contributed by atoms with Crippen LogP contribution >= 0.6 is 23.8 Å². The molecule has 2 rings (SSSR count). The summed E-state index contributed by atoms with van der Waals surface area (Å²) in [5.41, 5.74) is 1.11. The van der Waals surface area contributed by atoms with Crippen molar-refractivity contribution in [1.82, 2.24) is 5.32 Å². The van der Waals surface area contributed by atoms with Crippen LogP contribution in [0.3, 0.4) is 0 Å². The maximum absolute atomic E-state index is 12.1. The van der Waals surface area contributed by atoms with Crippen LogP contribution in [0.25, 0.3) is 0 Å². The van der Waals surface area contributed by atoms with Gasteiger partial charge in [0.1, 0.15) is 5.75 Å². The summed E-state index contributed by atoms with van der Waals surface area (Å²) in [6.07, 6.45) is 0. The molecule has 0 bridgehead atoms. The number of hydrogen-bond acceptors (Lipinski definition) is 6. The summed E-state index contributed by atoms with van der Waals surface area (Å²) in [6, 6.07) is 9.86. The molecule has 0 aliphatic rings. The third-order valence-electron chi connectivity index (χ3n) is 3.98. The zero-order valence-corrected chi connectivity index (χ0v) is 19.1. The van der Waals surface area contributed by atoms with Crippen LogP contribution in [0.15, 0.2) is 36.4 Å². The lowest BCUT2D eigenvalue weighted by Gasteiger charge is -2.15. The smallest absolute Gasteiger partial charge is 0.264 e. The number of thiocarbonyl (C=S) groups is 1. The van der Waals surface area contributed by atoms with Crippen molar-refractivity contribution in [3.8, 4) is 17.2 Å². The highest BCUT2D eigenvalue weighted by Crippen LogP contribution is 2.30. The second-order valence-electron chi connectivity index (χ2n) is 6.65. The molecule has 0 fully saturated rings. The molecule has 0 saturated carbocycles. The molecule has 0 aromatic heterocycles. The Kier molecular flexibility index (Phi) is 8.89. The van der Waals surface area contributed by atoms with Gasteiger partial charge in [0.05, 0.1) is 19.9 Å². The summed E-state index contributed by atoms with van der Waals surface area (Å²) < 4.78 is 16.0. The Labute approximate surface area is 191 Å². The highest BCUT2D eigenvalue weighted by atomic mass is 35.5. The van der Waals surface area contributed by atoms with Crippen LogP contribution < -0.4 is 30.2 Å². The Morgan fingerprint density at radius 2 is 1.71 bits per heavy atom. The molecule has 0 aliphatic carbocycles. The first-order chi connectivity index (χ1) is 14.7. The number of ether oxygens (including phenoxy) is 3. The quantitative estimate of drug-likeness (QED) is 0.509. The van der Waals surface area contributed by atoms with Crippen molar-refractivity contribution < 1.29 is 23.8 Å². The molecule has 0 atom stereocenters. The van der Waals surface area contributed by atoms with Gasteiger partial charge < -0.3 is 24.8 Å². The van der Waals surface area contributed by atoms with Gasteiger partial charge in [-0.15, -0.1) is 0 Å². The number of methoxy groups -OCH3 is 2. The van der Waals surface area contributed by atoms with Gasteiger partial charge in [-0.3, -0.25) is 14.9 Å². The first-order valence-corrected chi connectivity index (χ1v) is 10.1. The van der Waals surface area contributed by atoms with E-state index >= 15 is 0 Å². The van der Waals surface area contributed by atoms with Crippen LogP contribution in [0.1, 0.15) is 13.8 Å². The fraction of sp³-hybridized carbons (Fsp3) is 0.286. The molecule has 2 amide bonds. The fourth-order valence-corrected chi connectivity index (χ4v) is 2.77. The molecule has 0 radical (unpaired) electrons. The molecule has 8 nitrogen and oxygen atoms in total. The number of halogens is 1. The van der Waals surface area contributed by atoms with Crippen LogP contribution in [-0.2, 0) is 9.59 Å². The number of nitrogens with one attached hydrogen (secondary N) is 3. The second-order valence-corrected chi connectivity index (χ2v) is 7.49. The zero-order valence-electron chi connectivity index (χ0n) is 17.6. The number of anilines is 2. The normalized spacial score (nSPS) is 10.3. The lowest BCUT2D eigenvalue weighted by molar-refractivity contribution is -0.121. The van der Waals surface area contributed by atoms with Gasteiger partial charge in [-0.05, 0) is 36.5 Å². The number of hydrogen-bond donors (Lipinski definition) is 3. The van der Waals surface area contributed by atoms with Gasteiger partial charge in [-0.1, -0.05) is 25.4 Å². The van der Waals surface area contributed by atoms with Gasteiger partial charge in [-0.2, -0.15) is 0 Å². The van der Waals surface area contributed by atoms with E-state index in [1.165, 1.54) is 14.2 Å². The predicted octanol–water partition coefficient (Wildman–Crippen LogP) is 3.84. The number of carbonyl (C=O) groups is 2. The molecule has 0 spiro atoms. The van der Waals surface area contributed by atoms with Crippen molar-refractivity contribution >= 4 is 52.1 Å². The van der Waals surface area contributed by atoms with Crippen molar-refractivity contribution in [3.63, 3.8) is 0 Å². The molecule has 0 heterocycles. The summed E-state index contributed by atoms with van der Waals surface area (Å²) in [5, 5.41) is 8.77. The highest BCUT2D eigenvalue weighted by Gasteiger charge is 2.13. The molecule has 0 saturated heterocycles. The molecule has 2 aromatic carbocycles. The summed E-state index contributed by atoms with van der Waals surface area (Å²) in [7, 11) is 2.97. The first kappa shape index (κ1) is 24.2. The van der Waals surface area contributed by atoms with E-state index in [2.05, 4.69) is 16.0 Å². The van der Waals surface area contributed by atoms with Crippen molar-refractivity contribution in [2.24, 2.45) is 5.92 Å². The van der Waals surface area contributed by atoms with Crippen LogP contribution in [0.2, 0.25) is 5.02 Å². The van der Waals surface area contributed by atoms with E-state index in [9.17, 15) is 9.59 Å². The van der Waals surface area contributed by atoms with Crippen molar-refractivity contribution in [2.45, 2.75) is 13.8 Å². The van der Waals surface area contributed by atoms with E-state index in [0.717, 1.165) is 0 Å². The Hall–Kier alpha value is -3.04. The minimum absolute atomic E-state index is 0.0812. The van der Waals surface area contributed by atoms with Gasteiger partial charge in [0.25, 0.3) is 5.91 Å². The average molecular weight is 466 g/mol. The van der Waals surface area contributed by atoms with E-state index in [4.69, 9.17) is 38.0 Å². The number of carbonyl (C=O) groups excluding carboxylic acids is 2. The van der Waals surface area contributed by atoms with Crippen molar-refractivity contribution in [3.05, 3.63) is 41.4 Å². The number of amides is 2. The minimum Gasteiger partial charge on any atom is -0.494 e. The Morgan fingerprint density at radius 1 is 1.00 bits per heavy atom. The maximum Gasteiger partial charge on any atom is 0.264 e. The Bertz CT molecular complexity index is 968. The molecule has 10 heteroatoms. The molecule has 2 aromatic rings. The van der Waals surface area contributed by atoms with E-state index < -0.39 is 5.91 Å². The SMILES string of the molecule is COc1cc(NC(=S)NC(=O)COc2ccc(Cl)cc2OC)ccc1NC(=O)C(C)C. The number of benzene rings is 2. The first-order valence-electron chi connectivity index (χ1n) is 9.29. The topological polar surface area (TPSA) is 97.9 Å². The van der Waals surface area contributed by atoms with Gasteiger partial charge in [-0.25, -0.2) is 0 Å². The second kappa shape index (κ2) is 11.4. The summed E-state index contributed by atoms with van der Waals surface area (Å²) in [6.45, 7) is 3.32. The molecule has 0 aliphatic heterocycles. The monoisotopic (exact) mass is 465 g/mol. The molecule has 0 unspecified atom stereocenters. The van der Waals surface area contributed by atoms with Gasteiger partial charge >= 0.3 is 0 Å². The van der Waals surface area contributed by atoms with Crippen LogP contribution in [0.5, 0.6) is 17.2 Å². The zero-order chi connectivity index (χ0) is 23.0. The largest absolute Gasteiger partial charge is 0.494 e. The van der Waals surface area contributed by atoms with E-state index in [0.29, 0.717) is 33.6 Å². The third kappa shape index (κ3) is 7.30. The molecule has 31 heavy (non-hydrogen) atoms. The molecular formula is C21H24ClN3O5S. The molecular weight excluding hydrogens is 442 g/mol. The fourth-order valence-electron chi connectivity index (χ4n) is 2.38. The Morgan fingerprint density at radius 3 is 2.35 bits per heavy atom. The standard InChI is InChI=1S/C21H24ClN3O5S/c1-12(2)20(27)24-15-7-6-14(10-17(15)28-3)23-21(31)25-19(26)11-30-16-8-5-13(22)9-18(16)29-4/h5-10,12H,11H2,1-4H3,(H,24,27)(H2,23,25,26,31). The Balaban J connectivity index is 1.93. The third-order valence-corrected chi connectivity index (χ3v) is 4.42. The predicted molar refractivity (Wildman–Crippen MR) is 124 cm³/mol. The van der Waals surface area contributed by atoms with Gasteiger partial charge in [0, 0.05) is 28.8 Å². The average Bonchev–Trinajstić information content (AvgIpc) is 2.73. The van der Waals surface area contributed by atoms with E-state index in [-0.39, 0.29) is 23.5 Å². The van der Waals surface area contributed by atoms with Crippen LogP contribution in [-0.4, -0.2) is 37.8 Å². The molecule has 3 N–H and O–H groups in total. The summed E-state index contributed by atoms with van der Waals surface area (Å²) >= 11 is 11.1.